The molecule has 0 aromatic heterocycles. The Hall–Kier alpha value is -5.45. The molecule has 0 saturated carbocycles. The van der Waals surface area contributed by atoms with E-state index in [1.807, 2.05) is 4.90 Å². The summed E-state index contributed by atoms with van der Waals surface area (Å²) < 4.78 is 23.6. The van der Waals surface area contributed by atoms with Crippen molar-refractivity contribution in [2.24, 2.45) is 33.9 Å². The van der Waals surface area contributed by atoms with E-state index in [2.05, 4.69) is 15.5 Å². The van der Waals surface area contributed by atoms with Crippen LogP contribution in [0.4, 0.5) is 5.69 Å². The highest BCUT2D eigenvalue weighted by Crippen LogP contribution is 2.55. The molecule has 60 heavy (non-hydrogen) atoms. The van der Waals surface area contributed by atoms with Crippen molar-refractivity contribution >= 4 is 46.7 Å². The number of Topliss-reactive ketones (excluding diaryl/α,β-unsaturated/α-hetero) is 1. The number of piperidine rings is 1. The smallest absolute Gasteiger partial charge is 0.312 e. The minimum Gasteiger partial charge on any atom is -0.507 e. The van der Waals surface area contributed by atoms with E-state index in [0.29, 0.717) is 0 Å². The first-order chi connectivity index (χ1) is 28.3. The molecular formula is C44H58N4O12. The van der Waals surface area contributed by atoms with Gasteiger partial charge in [-0.25, -0.2) is 0 Å². The van der Waals surface area contributed by atoms with Gasteiger partial charge < -0.3 is 54.7 Å². The highest BCUT2D eigenvalue weighted by atomic mass is 16.7. The summed E-state index contributed by atoms with van der Waals surface area (Å²) in [5.41, 5.74) is -0.544. The summed E-state index contributed by atoms with van der Waals surface area (Å²) in [6.45, 7) is 14.1. The molecule has 6 N–H and O–H groups in total. The van der Waals surface area contributed by atoms with Gasteiger partial charge in [0.2, 0.25) is 0 Å². The van der Waals surface area contributed by atoms with Crippen molar-refractivity contribution in [1.29, 1.82) is 0 Å². The number of nitrogens with one attached hydrogen (secondary N) is 1. The number of hydrogen-bond acceptors (Lipinski definition) is 14. The second-order valence-corrected chi connectivity index (χ2v) is 16.2. The summed E-state index contributed by atoms with van der Waals surface area (Å²) >= 11 is 0. The molecule has 6 rings (SSSR count). The van der Waals surface area contributed by atoms with Gasteiger partial charge in [0.25, 0.3) is 11.7 Å². The molecule has 2 aromatic rings. The van der Waals surface area contributed by atoms with Gasteiger partial charge in [0.1, 0.15) is 29.7 Å². The van der Waals surface area contributed by atoms with Crippen LogP contribution in [0, 0.1) is 30.6 Å². The minimum atomic E-state index is -2.06. The first-order valence-corrected chi connectivity index (χ1v) is 20.2. The second kappa shape index (κ2) is 18.9. The van der Waals surface area contributed by atoms with E-state index in [4.69, 9.17) is 18.9 Å². The van der Waals surface area contributed by atoms with Crippen molar-refractivity contribution in [2.45, 2.75) is 105 Å². The Morgan fingerprint density at radius 1 is 0.933 bits per heavy atom. The van der Waals surface area contributed by atoms with Gasteiger partial charge in [-0.15, -0.1) is 5.10 Å². The van der Waals surface area contributed by atoms with Crippen LogP contribution in [0.3, 0.4) is 0 Å². The molecule has 0 aliphatic carbocycles. The molecule has 0 unspecified atom stereocenters. The number of aliphatic hydroxyl groups is 2. The van der Waals surface area contributed by atoms with E-state index in [1.165, 1.54) is 53.2 Å². The maximum atomic E-state index is 14.4. The van der Waals surface area contributed by atoms with Gasteiger partial charge in [-0.2, -0.15) is 5.10 Å². The first-order valence-electron chi connectivity index (χ1n) is 20.2. The summed E-state index contributed by atoms with van der Waals surface area (Å²) in [6, 6.07) is 0. The topological polar surface area (TPSA) is 229 Å². The highest BCUT2D eigenvalue weighted by molar-refractivity contribution is 6.23. The molecule has 4 aliphatic rings. The zero-order valence-electron chi connectivity index (χ0n) is 35.6. The summed E-state index contributed by atoms with van der Waals surface area (Å²) in [6.07, 6.45) is 9.29. The van der Waals surface area contributed by atoms with Gasteiger partial charge >= 0.3 is 11.8 Å². The summed E-state index contributed by atoms with van der Waals surface area (Å²) in [4.78, 5) is 42.4. The van der Waals surface area contributed by atoms with Crippen LogP contribution in [0.5, 0.6) is 23.0 Å². The Morgan fingerprint density at radius 3 is 2.27 bits per heavy atom. The second-order valence-electron chi connectivity index (χ2n) is 16.2. The molecule has 1 saturated heterocycles. The molecule has 16 heteroatoms. The third kappa shape index (κ3) is 9.15. The lowest BCUT2D eigenvalue weighted by Crippen LogP contribution is -2.46. The number of ketones is 1. The molecule has 4 aliphatic heterocycles. The molecule has 5 bridgehead atoms. The number of ether oxygens (including phenoxy) is 4. The van der Waals surface area contributed by atoms with Crippen molar-refractivity contribution in [1.82, 2.24) is 4.90 Å². The molecule has 2 aromatic carbocycles. The molecule has 1 fully saturated rings. The van der Waals surface area contributed by atoms with Gasteiger partial charge in [0, 0.05) is 74.2 Å². The molecule has 0 radical (unpaired) electrons. The predicted octanol–water partition coefficient (Wildman–Crippen LogP) is 5.60. The van der Waals surface area contributed by atoms with Gasteiger partial charge in [-0.1, -0.05) is 45.9 Å². The number of esters is 1. The number of allylic oxidation sites excluding steroid dienone is 2. The number of phenolic OH excluding ortho intramolecular Hbond substituents is 3. The number of nitrogens with zero attached hydrogens (tertiary/aromatic N) is 3. The number of likely N-dealkylation sites (tertiary alicyclic amines) is 1. The van der Waals surface area contributed by atoms with Crippen LogP contribution in [-0.4, -0.2) is 111 Å². The monoisotopic (exact) mass is 834 g/mol. The van der Waals surface area contributed by atoms with Crippen molar-refractivity contribution in [3.05, 3.63) is 52.8 Å². The number of benzene rings is 2. The van der Waals surface area contributed by atoms with Crippen molar-refractivity contribution in [3.8, 4) is 23.0 Å². The number of anilines is 1. The van der Waals surface area contributed by atoms with Crippen LogP contribution in [0.25, 0.3) is 10.8 Å². The van der Waals surface area contributed by atoms with Crippen LogP contribution in [0.1, 0.15) is 89.2 Å². The average Bonchev–Trinajstić information content (AvgIpc) is 3.48. The van der Waals surface area contributed by atoms with E-state index >= 15 is 0 Å². The molecular weight excluding hydrogens is 776 g/mol. The first kappa shape index (κ1) is 45.6. The number of phenols is 3. The maximum absolute atomic E-state index is 14.4. The van der Waals surface area contributed by atoms with Crippen molar-refractivity contribution in [2.75, 3.05) is 25.5 Å². The fourth-order valence-corrected chi connectivity index (χ4v) is 8.10. The van der Waals surface area contributed by atoms with Crippen LogP contribution < -0.4 is 10.1 Å². The Labute approximate surface area is 349 Å². The minimum absolute atomic E-state index is 0.0408. The molecule has 0 spiro atoms. The summed E-state index contributed by atoms with van der Waals surface area (Å²) in [5.74, 6) is -8.56. The van der Waals surface area contributed by atoms with Crippen LogP contribution >= 0.6 is 0 Å². The fraction of sp³-hybridized carbons (Fsp3) is 0.523. The fourth-order valence-electron chi connectivity index (χ4n) is 8.10. The van der Waals surface area contributed by atoms with E-state index in [0.717, 1.165) is 38.6 Å². The zero-order valence-corrected chi connectivity index (χ0v) is 35.6. The van der Waals surface area contributed by atoms with Crippen molar-refractivity contribution in [3.63, 3.8) is 0 Å². The third-order valence-electron chi connectivity index (χ3n) is 11.9. The van der Waals surface area contributed by atoms with E-state index in [9.17, 15) is 39.9 Å². The Kier molecular flexibility index (Phi) is 14.3. The lowest BCUT2D eigenvalue weighted by Gasteiger charge is -2.38. The Morgan fingerprint density at radius 2 is 1.62 bits per heavy atom. The van der Waals surface area contributed by atoms with Crippen molar-refractivity contribution < 1.29 is 58.9 Å². The number of rotatable bonds is 5. The lowest BCUT2D eigenvalue weighted by atomic mass is 9.78. The molecule has 1 amide bonds. The molecule has 326 valence electrons. The standard InChI is InChI=1S/C44H58N4O12/c1-22-14-13-15-23(2)43(56)47-34-29(20-45-46-21-48-17-11-10-12-18-48)38(53)31-32(39(34)54)37(52)27(6)41-33(31)42(55)44(8,60-41)58-19-16-30(57-9)24(3)40(59-28(7)49)26(5)36(51)25(4)35(22)50/h13-16,19-22,24-26,30,35-36,40,50-54H,10-12,17-18H2,1-9H3,(H,47,56)/b14-13+,19-16+,23-15+,45-20-,46-21+/t22-,24+,25+,26+,30-,35-,36+,40+,44-/m0/s1. The average molecular weight is 835 g/mol. The third-order valence-corrected chi connectivity index (χ3v) is 11.9. The van der Waals surface area contributed by atoms with Gasteiger partial charge in [0.15, 0.2) is 5.75 Å². The van der Waals surface area contributed by atoms with E-state index in [1.54, 1.807) is 46.2 Å². The number of fused-ring (bicyclic) bond motifs is 14. The Bertz CT molecular complexity index is 2120. The number of carbonyl (C=O) groups is 3. The normalized spacial score (nSPS) is 31.5. The quantitative estimate of drug-likeness (QED) is 0.0539. The van der Waals surface area contributed by atoms with Crippen LogP contribution in [-0.2, 0) is 23.8 Å². The van der Waals surface area contributed by atoms with E-state index < -0.39 is 88.8 Å². The van der Waals surface area contributed by atoms with Gasteiger partial charge in [-0.3, -0.25) is 14.4 Å². The SMILES string of the molecule is CO[C@H]1/C=C/O[C@@]2(C)Oc3c(C)c(O)c4c(O)c(c(/C=N\N=C\N5CCCCC5)c(O)c4c3C2=O)NC(=O)/C(C)=C/C=C/[C@H](C)[C@H](O)[C@@H](C)[C@@H](O)[C@@H](C)[C@H](OC(C)=O)[C@@H]1C. The maximum Gasteiger partial charge on any atom is 0.312 e. The molecule has 9 atom stereocenters. The van der Waals surface area contributed by atoms with Crippen LogP contribution in [0.2, 0.25) is 0 Å². The van der Waals surface area contributed by atoms with E-state index in [-0.39, 0.29) is 44.5 Å². The number of hydrogen-bond donors (Lipinski definition) is 6. The summed E-state index contributed by atoms with van der Waals surface area (Å²) in [5, 5.41) is 68.6. The Balaban J connectivity index is 1.69. The number of aliphatic hydroxyl groups excluding tert-OH is 2. The highest BCUT2D eigenvalue weighted by Gasteiger charge is 2.50. The lowest BCUT2D eigenvalue weighted by molar-refractivity contribution is -0.160. The zero-order chi connectivity index (χ0) is 44.2. The number of methoxy groups -OCH3 is 1. The molecule has 16 nitrogen and oxygen atoms in total. The van der Waals surface area contributed by atoms with Gasteiger partial charge in [-0.05, 0) is 39.2 Å². The largest absolute Gasteiger partial charge is 0.507 e. The number of carbonyl (C=O) groups excluding carboxylic acids is 3. The summed E-state index contributed by atoms with van der Waals surface area (Å²) in [7, 11) is 1.43. The van der Waals surface area contributed by atoms with Crippen LogP contribution in [0.15, 0.2) is 46.3 Å². The number of amides is 1. The molecule has 4 heterocycles. The predicted molar refractivity (Wildman–Crippen MR) is 225 cm³/mol. The van der Waals surface area contributed by atoms with Gasteiger partial charge in [0.05, 0.1) is 53.0 Å². The number of aromatic hydroxyl groups is 3.